The molecule has 0 bridgehead atoms. The van der Waals surface area contributed by atoms with Gasteiger partial charge in [-0.3, -0.25) is 9.69 Å². The lowest BCUT2D eigenvalue weighted by atomic mass is 10.2. The van der Waals surface area contributed by atoms with Crippen LogP contribution >= 0.6 is 0 Å². The minimum absolute atomic E-state index is 0.0161. The highest BCUT2D eigenvalue weighted by Gasteiger charge is 2.15. The molecule has 2 rings (SSSR count). The van der Waals surface area contributed by atoms with E-state index < -0.39 is 6.10 Å². The van der Waals surface area contributed by atoms with E-state index in [1.807, 2.05) is 49.4 Å². The molecule has 5 heteroatoms. The minimum Gasteiger partial charge on any atom is -0.468 e. The van der Waals surface area contributed by atoms with Gasteiger partial charge < -0.3 is 14.3 Å². The van der Waals surface area contributed by atoms with Crippen molar-refractivity contribution in [3.8, 4) is 0 Å². The molecular formula is C19H25NO4. The van der Waals surface area contributed by atoms with Crippen LogP contribution in [0.5, 0.6) is 0 Å². The summed E-state index contributed by atoms with van der Waals surface area (Å²) >= 11 is 0. The first-order valence-corrected chi connectivity index (χ1v) is 8.29. The average molecular weight is 331 g/mol. The zero-order valence-electron chi connectivity index (χ0n) is 14.1. The normalized spacial score (nSPS) is 12.3. The smallest absolute Gasteiger partial charge is 0.305 e. The van der Waals surface area contributed by atoms with Gasteiger partial charge in [-0.2, -0.15) is 0 Å². The van der Waals surface area contributed by atoms with Crippen LogP contribution in [0, 0.1) is 0 Å². The molecule has 1 aromatic carbocycles. The molecule has 0 spiro atoms. The summed E-state index contributed by atoms with van der Waals surface area (Å²) < 4.78 is 10.5. The van der Waals surface area contributed by atoms with Crippen LogP contribution in [0.2, 0.25) is 0 Å². The number of hydrogen-bond donors (Lipinski definition) is 1. The summed E-state index contributed by atoms with van der Waals surface area (Å²) in [5.41, 5.74) is 1.15. The summed E-state index contributed by atoms with van der Waals surface area (Å²) in [5, 5.41) is 10.2. The Balaban J connectivity index is 1.90. The van der Waals surface area contributed by atoms with E-state index in [1.54, 1.807) is 6.26 Å². The highest BCUT2D eigenvalue weighted by molar-refractivity contribution is 5.69. The van der Waals surface area contributed by atoms with E-state index in [0.717, 1.165) is 17.7 Å². The van der Waals surface area contributed by atoms with Gasteiger partial charge in [0.25, 0.3) is 0 Å². The van der Waals surface area contributed by atoms with E-state index in [9.17, 15) is 9.90 Å². The number of ether oxygens (including phenoxy) is 1. The summed E-state index contributed by atoms with van der Waals surface area (Å²) in [6.45, 7) is 3.60. The molecule has 1 N–H and O–H groups in total. The second kappa shape index (κ2) is 9.90. The monoisotopic (exact) mass is 331 g/mol. The largest absolute Gasteiger partial charge is 0.468 e. The predicted molar refractivity (Wildman–Crippen MR) is 91.1 cm³/mol. The molecule has 0 aliphatic heterocycles. The minimum atomic E-state index is -0.732. The summed E-state index contributed by atoms with van der Waals surface area (Å²) in [4.78, 5) is 13.5. The van der Waals surface area contributed by atoms with E-state index in [2.05, 4.69) is 4.90 Å². The number of aliphatic hydroxyl groups excluding tert-OH is 1. The number of furan rings is 1. The van der Waals surface area contributed by atoms with Crippen LogP contribution in [0.3, 0.4) is 0 Å². The van der Waals surface area contributed by atoms with Gasteiger partial charge in [0.05, 0.1) is 12.8 Å². The van der Waals surface area contributed by atoms with Crippen LogP contribution in [0.15, 0.2) is 53.1 Å². The average Bonchev–Trinajstić information content (AvgIpc) is 3.07. The Bertz CT molecular complexity index is 583. The number of carbonyl (C=O) groups excluding carboxylic acids is 1. The molecule has 0 unspecified atom stereocenters. The first-order chi connectivity index (χ1) is 11.7. The number of esters is 1. The summed E-state index contributed by atoms with van der Waals surface area (Å²) in [6.07, 6.45) is 2.03. The van der Waals surface area contributed by atoms with Crippen molar-refractivity contribution >= 4 is 5.97 Å². The number of benzene rings is 1. The lowest BCUT2D eigenvalue weighted by Gasteiger charge is -2.24. The SMILES string of the molecule is CCCC(=O)OC[C@@H](O)CN(Cc1ccccc1)Cc1ccco1. The Hall–Kier alpha value is -2.11. The number of nitrogens with zero attached hydrogens (tertiary/aromatic N) is 1. The number of carbonyl (C=O) groups is 1. The lowest BCUT2D eigenvalue weighted by molar-refractivity contribution is -0.147. The summed E-state index contributed by atoms with van der Waals surface area (Å²) in [6, 6.07) is 13.8. The zero-order chi connectivity index (χ0) is 17.2. The van der Waals surface area contributed by atoms with E-state index in [0.29, 0.717) is 26.1 Å². The van der Waals surface area contributed by atoms with E-state index in [-0.39, 0.29) is 12.6 Å². The Kier molecular flexibility index (Phi) is 7.52. The quantitative estimate of drug-likeness (QED) is 0.678. The third-order valence-corrected chi connectivity index (χ3v) is 3.57. The third kappa shape index (κ3) is 6.56. The van der Waals surface area contributed by atoms with Crippen LogP contribution < -0.4 is 0 Å². The Morgan fingerprint density at radius 2 is 2.00 bits per heavy atom. The van der Waals surface area contributed by atoms with Crippen molar-refractivity contribution in [3.05, 3.63) is 60.1 Å². The maximum Gasteiger partial charge on any atom is 0.305 e. The van der Waals surface area contributed by atoms with Crippen molar-refractivity contribution in [2.24, 2.45) is 0 Å². The van der Waals surface area contributed by atoms with Gasteiger partial charge in [0, 0.05) is 19.5 Å². The number of aliphatic hydroxyl groups is 1. The first-order valence-electron chi connectivity index (χ1n) is 8.29. The molecule has 24 heavy (non-hydrogen) atoms. The molecule has 0 amide bonds. The number of rotatable bonds is 10. The molecule has 0 saturated heterocycles. The maximum atomic E-state index is 11.4. The second-order valence-corrected chi connectivity index (χ2v) is 5.82. The molecule has 130 valence electrons. The van der Waals surface area contributed by atoms with Gasteiger partial charge in [0.2, 0.25) is 0 Å². The van der Waals surface area contributed by atoms with Crippen LogP contribution in [-0.4, -0.2) is 35.2 Å². The predicted octanol–water partition coefficient (Wildman–Crippen LogP) is 2.99. The highest BCUT2D eigenvalue weighted by Crippen LogP contribution is 2.11. The van der Waals surface area contributed by atoms with Gasteiger partial charge in [0.15, 0.2) is 0 Å². The molecule has 1 atom stereocenters. The van der Waals surface area contributed by atoms with Crippen LogP contribution in [0.4, 0.5) is 0 Å². The topological polar surface area (TPSA) is 62.9 Å². The molecule has 5 nitrogen and oxygen atoms in total. The number of hydrogen-bond acceptors (Lipinski definition) is 5. The zero-order valence-corrected chi connectivity index (χ0v) is 14.1. The molecule has 0 fully saturated rings. The van der Waals surface area contributed by atoms with Gasteiger partial charge in [-0.1, -0.05) is 37.3 Å². The molecule has 2 aromatic rings. The van der Waals surface area contributed by atoms with Gasteiger partial charge >= 0.3 is 5.97 Å². The van der Waals surface area contributed by atoms with Crippen molar-refractivity contribution in [2.75, 3.05) is 13.2 Å². The summed E-state index contributed by atoms with van der Waals surface area (Å²) in [7, 11) is 0. The van der Waals surface area contributed by atoms with E-state index in [4.69, 9.17) is 9.15 Å². The van der Waals surface area contributed by atoms with Crippen molar-refractivity contribution in [3.63, 3.8) is 0 Å². The molecule has 0 radical (unpaired) electrons. The molecule has 0 aliphatic carbocycles. The summed E-state index contributed by atoms with van der Waals surface area (Å²) in [5.74, 6) is 0.568. The van der Waals surface area contributed by atoms with Gasteiger partial charge in [-0.15, -0.1) is 0 Å². The van der Waals surface area contributed by atoms with Crippen molar-refractivity contribution in [2.45, 2.75) is 39.0 Å². The van der Waals surface area contributed by atoms with Gasteiger partial charge in [-0.05, 0) is 24.1 Å². The molecule has 0 aliphatic rings. The molecule has 1 aromatic heterocycles. The Morgan fingerprint density at radius 1 is 1.21 bits per heavy atom. The van der Waals surface area contributed by atoms with Crippen molar-refractivity contribution in [1.29, 1.82) is 0 Å². The van der Waals surface area contributed by atoms with Crippen LogP contribution in [0.1, 0.15) is 31.1 Å². The molecule has 1 heterocycles. The Labute approximate surface area is 142 Å². The van der Waals surface area contributed by atoms with E-state index >= 15 is 0 Å². The maximum absolute atomic E-state index is 11.4. The fourth-order valence-corrected chi connectivity index (χ4v) is 2.47. The Morgan fingerprint density at radius 3 is 2.67 bits per heavy atom. The fraction of sp³-hybridized carbons (Fsp3) is 0.421. The van der Waals surface area contributed by atoms with Crippen LogP contribution in [0.25, 0.3) is 0 Å². The van der Waals surface area contributed by atoms with Gasteiger partial charge in [-0.25, -0.2) is 0 Å². The molecular weight excluding hydrogens is 306 g/mol. The van der Waals surface area contributed by atoms with Gasteiger partial charge in [0.1, 0.15) is 18.5 Å². The van der Waals surface area contributed by atoms with Crippen LogP contribution in [-0.2, 0) is 22.6 Å². The first kappa shape index (κ1) is 18.2. The third-order valence-electron chi connectivity index (χ3n) is 3.57. The van der Waals surface area contributed by atoms with Crippen molar-refractivity contribution < 1.29 is 19.1 Å². The standard InChI is InChI=1S/C19H25NO4/c1-2-7-19(22)24-15-17(21)13-20(14-18-10-6-11-23-18)12-16-8-4-3-5-9-16/h3-6,8-11,17,21H,2,7,12-15H2,1H3/t17-/m0/s1. The molecule has 0 saturated carbocycles. The fourth-order valence-electron chi connectivity index (χ4n) is 2.47. The van der Waals surface area contributed by atoms with E-state index in [1.165, 1.54) is 0 Å². The lowest BCUT2D eigenvalue weighted by Crippen LogP contribution is -2.34. The van der Waals surface area contributed by atoms with Crippen molar-refractivity contribution in [1.82, 2.24) is 4.90 Å². The highest BCUT2D eigenvalue weighted by atomic mass is 16.5. The second-order valence-electron chi connectivity index (χ2n) is 5.82.